The second kappa shape index (κ2) is 11.3. The van der Waals surface area contributed by atoms with Crippen LogP contribution in [0.4, 0.5) is 0 Å². The van der Waals surface area contributed by atoms with Crippen molar-refractivity contribution in [3.63, 3.8) is 0 Å². The predicted octanol–water partition coefficient (Wildman–Crippen LogP) is 2.50. The Morgan fingerprint density at radius 1 is 1.00 bits per heavy atom. The molecule has 190 valence electrons. The first kappa shape index (κ1) is 25.4. The van der Waals surface area contributed by atoms with Gasteiger partial charge in [-0.15, -0.1) is 0 Å². The largest absolute Gasteiger partial charge is 0.496 e. The summed E-state index contributed by atoms with van der Waals surface area (Å²) >= 11 is 0. The molecule has 2 aromatic carbocycles. The van der Waals surface area contributed by atoms with E-state index in [-0.39, 0.29) is 36.1 Å². The van der Waals surface area contributed by atoms with Gasteiger partial charge in [0.05, 0.1) is 30.3 Å². The lowest BCUT2D eigenvalue weighted by molar-refractivity contribution is -0.126. The monoisotopic (exact) mass is 493 g/mol. The molecule has 0 unspecified atom stereocenters. The standard InChI is InChI=1S/C27H31N3O6/c1-35-15-5-12-28-24(31)19-10-13-29(14-11-19)25(32)22-16-18(8-9-23(22)36-2)17-30-26(33)20-6-3-4-7-21(20)27(30)34/h3-4,6-9,16,19H,5,10-15,17H2,1-2H3,(H,28,31). The Morgan fingerprint density at radius 3 is 2.28 bits per heavy atom. The van der Waals surface area contributed by atoms with Gasteiger partial charge in [0.1, 0.15) is 5.75 Å². The molecular weight excluding hydrogens is 462 g/mol. The normalized spacial score (nSPS) is 15.7. The molecule has 2 aromatic rings. The summed E-state index contributed by atoms with van der Waals surface area (Å²) in [4.78, 5) is 54.2. The van der Waals surface area contributed by atoms with E-state index in [1.165, 1.54) is 12.0 Å². The smallest absolute Gasteiger partial charge is 0.261 e. The molecule has 0 spiro atoms. The lowest BCUT2D eigenvalue weighted by Gasteiger charge is -2.32. The minimum atomic E-state index is -0.345. The number of piperidine rings is 1. The number of nitrogens with one attached hydrogen (secondary N) is 1. The first-order chi connectivity index (χ1) is 17.4. The van der Waals surface area contributed by atoms with Crippen LogP contribution in [0.3, 0.4) is 0 Å². The van der Waals surface area contributed by atoms with Crippen LogP contribution in [0.5, 0.6) is 5.75 Å². The minimum Gasteiger partial charge on any atom is -0.496 e. The van der Waals surface area contributed by atoms with Crippen molar-refractivity contribution < 1.29 is 28.7 Å². The van der Waals surface area contributed by atoms with Gasteiger partial charge < -0.3 is 19.7 Å². The molecule has 9 heteroatoms. The fraction of sp³-hybridized carbons (Fsp3) is 0.407. The number of likely N-dealkylation sites (tertiary alicyclic amines) is 1. The van der Waals surface area contributed by atoms with Gasteiger partial charge in [0, 0.05) is 39.3 Å². The highest BCUT2D eigenvalue weighted by molar-refractivity contribution is 6.21. The van der Waals surface area contributed by atoms with Gasteiger partial charge in [0.25, 0.3) is 17.7 Å². The maximum atomic E-state index is 13.4. The van der Waals surface area contributed by atoms with Crippen LogP contribution in [0.1, 0.15) is 55.9 Å². The van der Waals surface area contributed by atoms with Gasteiger partial charge >= 0.3 is 0 Å². The molecule has 2 heterocycles. The minimum absolute atomic E-state index is 0.0127. The fourth-order valence-corrected chi connectivity index (χ4v) is 4.67. The average Bonchev–Trinajstić information content (AvgIpc) is 3.15. The molecule has 36 heavy (non-hydrogen) atoms. The predicted molar refractivity (Wildman–Crippen MR) is 132 cm³/mol. The zero-order chi connectivity index (χ0) is 25.7. The van der Waals surface area contributed by atoms with E-state index in [1.54, 1.807) is 54.5 Å². The van der Waals surface area contributed by atoms with Crippen molar-refractivity contribution in [1.82, 2.24) is 15.1 Å². The van der Waals surface area contributed by atoms with Crippen LogP contribution in [0.25, 0.3) is 0 Å². The van der Waals surface area contributed by atoms with Crippen LogP contribution in [0, 0.1) is 5.92 Å². The number of hydrogen-bond acceptors (Lipinski definition) is 6. The van der Waals surface area contributed by atoms with Gasteiger partial charge in [-0.25, -0.2) is 0 Å². The first-order valence-corrected chi connectivity index (χ1v) is 12.1. The zero-order valence-corrected chi connectivity index (χ0v) is 20.6. The van der Waals surface area contributed by atoms with Gasteiger partial charge in [-0.3, -0.25) is 24.1 Å². The summed E-state index contributed by atoms with van der Waals surface area (Å²) in [5.41, 5.74) is 1.80. The molecule has 0 bridgehead atoms. The molecule has 2 aliphatic rings. The Kier molecular flexibility index (Phi) is 8.00. The van der Waals surface area contributed by atoms with Crippen LogP contribution in [0.2, 0.25) is 0 Å². The van der Waals surface area contributed by atoms with Crippen molar-refractivity contribution in [2.24, 2.45) is 5.92 Å². The maximum absolute atomic E-state index is 13.4. The van der Waals surface area contributed by atoms with Gasteiger partial charge in [-0.1, -0.05) is 18.2 Å². The molecule has 0 aliphatic carbocycles. The Hall–Kier alpha value is -3.72. The van der Waals surface area contributed by atoms with Gasteiger partial charge in [-0.05, 0) is 49.1 Å². The molecule has 0 aromatic heterocycles. The highest BCUT2D eigenvalue weighted by Gasteiger charge is 2.35. The molecule has 0 saturated carbocycles. The van der Waals surface area contributed by atoms with E-state index in [0.717, 1.165) is 6.42 Å². The molecule has 0 radical (unpaired) electrons. The summed E-state index contributed by atoms with van der Waals surface area (Å²) in [6.45, 7) is 2.15. The van der Waals surface area contributed by atoms with Crippen LogP contribution in [0.15, 0.2) is 42.5 Å². The number of rotatable bonds is 9. The van der Waals surface area contributed by atoms with Gasteiger partial charge in [0.15, 0.2) is 0 Å². The summed E-state index contributed by atoms with van der Waals surface area (Å²) < 4.78 is 10.4. The molecule has 0 atom stereocenters. The van der Waals surface area contributed by atoms with Crippen molar-refractivity contribution in [2.75, 3.05) is 40.5 Å². The average molecular weight is 494 g/mol. The Balaban J connectivity index is 1.41. The van der Waals surface area contributed by atoms with E-state index >= 15 is 0 Å². The SMILES string of the molecule is COCCCNC(=O)C1CCN(C(=O)c2cc(CN3C(=O)c4ccccc4C3=O)ccc2OC)CC1. The third-order valence-corrected chi connectivity index (χ3v) is 6.69. The number of hydrogen-bond donors (Lipinski definition) is 1. The van der Waals surface area contributed by atoms with Crippen LogP contribution in [-0.2, 0) is 16.1 Å². The van der Waals surface area contributed by atoms with E-state index in [2.05, 4.69) is 5.32 Å². The van der Waals surface area contributed by atoms with Crippen LogP contribution in [-0.4, -0.2) is 73.9 Å². The maximum Gasteiger partial charge on any atom is 0.261 e. The summed E-state index contributed by atoms with van der Waals surface area (Å²) in [5.74, 6) is -0.583. The second-order valence-corrected chi connectivity index (χ2v) is 8.98. The number of carbonyl (C=O) groups excluding carboxylic acids is 4. The van der Waals surface area contributed by atoms with Crippen molar-refractivity contribution in [1.29, 1.82) is 0 Å². The van der Waals surface area contributed by atoms with E-state index in [1.807, 2.05) is 0 Å². The summed E-state index contributed by atoms with van der Waals surface area (Å²) in [6.07, 6.45) is 1.92. The summed E-state index contributed by atoms with van der Waals surface area (Å²) in [7, 11) is 3.12. The third-order valence-electron chi connectivity index (χ3n) is 6.69. The lowest BCUT2D eigenvalue weighted by Crippen LogP contribution is -2.43. The van der Waals surface area contributed by atoms with E-state index < -0.39 is 0 Å². The number of imide groups is 1. The Morgan fingerprint density at radius 2 is 1.67 bits per heavy atom. The van der Waals surface area contributed by atoms with Gasteiger partial charge in [-0.2, -0.15) is 0 Å². The molecule has 4 amide bonds. The molecule has 1 saturated heterocycles. The Bertz CT molecular complexity index is 1120. The summed E-state index contributed by atoms with van der Waals surface area (Å²) in [5, 5.41) is 2.93. The van der Waals surface area contributed by atoms with Crippen molar-refractivity contribution in [3.05, 3.63) is 64.7 Å². The number of benzene rings is 2. The Labute approximate surface area is 210 Å². The summed E-state index contributed by atoms with van der Waals surface area (Å²) in [6, 6.07) is 11.8. The van der Waals surface area contributed by atoms with Crippen molar-refractivity contribution in [2.45, 2.75) is 25.8 Å². The quantitative estimate of drug-likeness (QED) is 0.425. The molecule has 1 N–H and O–H groups in total. The van der Waals surface area contributed by atoms with Crippen LogP contribution >= 0.6 is 0 Å². The lowest BCUT2D eigenvalue weighted by atomic mass is 9.95. The third kappa shape index (κ3) is 5.26. The second-order valence-electron chi connectivity index (χ2n) is 8.98. The van der Waals surface area contributed by atoms with E-state index in [0.29, 0.717) is 67.1 Å². The van der Waals surface area contributed by atoms with Crippen molar-refractivity contribution in [3.8, 4) is 5.75 Å². The molecule has 1 fully saturated rings. The zero-order valence-electron chi connectivity index (χ0n) is 20.6. The van der Waals surface area contributed by atoms with E-state index in [9.17, 15) is 19.2 Å². The fourth-order valence-electron chi connectivity index (χ4n) is 4.67. The number of methoxy groups -OCH3 is 2. The first-order valence-electron chi connectivity index (χ1n) is 12.1. The number of amides is 4. The number of carbonyl (C=O) groups is 4. The molecule has 4 rings (SSSR count). The molecule has 2 aliphatic heterocycles. The number of nitrogens with zero attached hydrogens (tertiary/aromatic N) is 2. The highest BCUT2D eigenvalue weighted by atomic mass is 16.5. The number of ether oxygens (including phenoxy) is 2. The van der Waals surface area contributed by atoms with E-state index in [4.69, 9.17) is 9.47 Å². The molecular formula is C27H31N3O6. The van der Waals surface area contributed by atoms with Gasteiger partial charge in [0.2, 0.25) is 5.91 Å². The highest BCUT2D eigenvalue weighted by Crippen LogP contribution is 2.28. The van der Waals surface area contributed by atoms with Crippen molar-refractivity contribution >= 4 is 23.6 Å². The molecule has 9 nitrogen and oxygen atoms in total. The van der Waals surface area contributed by atoms with Crippen LogP contribution < -0.4 is 10.1 Å². The topological polar surface area (TPSA) is 105 Å². The number of fused-ring (bicyclic) bond motifs is 1.